The molecule has 2 rings (SSSR count). The Morgan fingerprint density at radius 1 is 1.29 bits per heavy atom. The molecule has 2 aromatic rings. The van der Waals surface area contributed by atoms with Crippen LogP contribution in [0.25, 0.3) is 11.3 Å². The van der Waals surface area contributed by atoms with Gasteiger partial charge in [0.05, 0.1) is 11.4 Å². The highest BCUT2D eigenvalue weighted by Gasteiger charge is 2.21. The molecule has 1 amide bonds. The molecule has 0 spiro atoms. The number of benzene rings is 1. The molecule has 0 radical (unpaired) electrons. The first-order chi connectivity index (χ1) is 11.1. The standard InChI is InChI=1S/C16H19N3O5/c1-16(2,3)24-15(23)17-13-9(6-5-7-12(13)20)11-8-10(14(21)22)18-19(11)4/h5-8,20H,1-4H3,(H,17,23)(H,21,22). The van der Waals surface area contributed by atoms with E-state index >= 15 is 0 Å². The Labute approximate surface area is 138 Å². The van der Waals surface area contributed by atoms with Crippen LogP contribution in [0.4, 0.5) is 10.5 Å². The zero-order valence-electron chi connectivity index (χ0n) is 13.8. The van der Waals surface area contributed by atoms with E-state index in [1.807, 2.05) is 0 Å². The van der Waals surface area contributed by atoms with E-state index in [1.165, 1.54) is 16.8 Å². The number of ether oxygens (including phenoxy) is 1. The maximum Gasteiger partial charge on any atom is 0.412 e. The summed E-state index contributed by atoms with van der Waals surface area (Å²) >= 11 is 0. The van der Waals surface area contributed by atoms with E-state index in [9.17, 15) is 14.7 Å². The van der Waals surface area contributed by atoms with Gasteiger partial charge < -0.3 is 14.9 Å². The van der Waals surface area contributed by atoms with E-state index in [1.54, 1.807) is 40.0 Å². The van der Waals surface area contributed by atoms with Gasteiger partial charge in [-0.05, 0) is 32.9 Å². The predicted molar refractivity (Wildman–Crippen MR) is 87.1 cm³/mol. The fraction of sp³-hybridized carbons (Fsp3) is 0.312. The lowest BCUT2D eigenvalue weighted by Gasteiger charge is -2.20. The minimum absolute atomic E-state index is 0.117. The third-order valence-corrected chi connectivity index (χ3v) is 3.04. The Morgan fingerprint density at radius 3 is 2.50 bits per heavy atom. The van der Waals surface area contributed by atoms with Gasteiger partial charge in [0.2, 0.25) is 0 Å². The third-order valence-electron chi connectivity index (χ3n) is 3.04. The number of rotatable bonds is 3. The zero-order valence-corrected chi connectivity index (χ0v) is 13.8. The van der Waals surface area contributed by atoms with Crippen LogP contribution < -0.4 is 5.32 Å². The van der Waals surface area contributed by atoms with E-state index < -0.39 is 17.7 Å². The summed E-state index contributed by atoms with van der Waals surface area (Å²) in [5.74, 6) is -1.34. The van der Waals surface area contributed by atoms with E-state index in [0.717, 1.165) is 0 Å². The van der Waals surface area contributed by atoms with Gasteiger partial charge in [-0.1, -0.05) is 12.1 Å². The fourth-order valence-electron chi connectivity index (χ4n) is 2.11. The van der Waals surface area contributed by atoms with Crippen LogP contribution in [-0.4, -0.2) is 37.7 Å². The highest BCUT2D eigenvalue weighted by atomic mass is 16.6. The molecule has 0 fully saturated rings. The van der Waals surface area contributed by atoms with E-state index in [-0.39, 0.29) is 17.1 Å². The van der Waals surface area contributed by atoms with E-state index in [0.29, 0.717) is 11.3 Å². The van der Waals surface area contributed by atoms with Crippen molar-refractivity contribution in [1.29, 1.82) is 0 Å². The van der Waals surface area contributed by atoms with Crippen molar-refractivity contribution in [1.82, 2.24) is 9.78 Å². The van der Waals surface area contributed by atoms with Crippen molar-refractivity contribution in [2.75, 3.05) is 5.32 Å². The molecule has 1 heterocycles. The molecule has 0 aliphatic carbocycles. The van der Waals surface area contributed by atoms with Gasteiger partial charge >= 0.3 is 12.1 Å². The molecule has 8 heteroatoms. The van der Waals surface area contributed by atoms with Gasteiger partial charge in [-0.25, -0.2) is 9.59 Å². The topological polar surface area (TPSA) is 114 Å². The number of carboxylic acids is 1. The quantitative estimate of drug-likeness (QED) is 0.744. The van der Waals surface area contributed by atoms with Crippen LogP contribution in [0.2, 0.25) is 0 Å². The second kappa shape index (κ2) is 6.23. The molecule has 0 atom stereocenters. The first-order valence-electron chi connectivity index (χ1n) is 7.18. The van der Waals surface area contributed by atoms with Gasteiger partial charge in [0.15, 0.2) is 5.69 Å². The number of aromatic nitrogens is 2. The maximum atomic E-state index is 12.0. The molecule has 1 aromatic carbocycles. The number of carbonyl (C=O) groups excluding carboxylic acids is 1. The lowest BCUT2D eigenvalue weighted by molar-refractivity contribution is 0.0633. The molecule has 24 heavy (non-hydrogen) atoms. The van der Waals surface area contributed by atoms with Gasteiger partial charge in [0.25, 0.3) is 0 Å². The molecule has 8 nitrogen and oxygen atoms in total. The fourth-order valence-corrected chi connectivity index (χ4v) is 2.11. The molecule has 3 N–H and O–H groups in total. The number of phenols is 1. The number of nitrogens with one attached hydrogen (secondary N) is 1. The number of para-hydroxylation sites is 1. The number of carboxylic acid groups (broad SMARTS) is 1. The summed E-state index contributed by atoms with van der Waals surface area (Å²) in [4.78, 5) is 23.1. The van der Waals surface area contributed by atoms with Crippen molar-refractivity contribution in [2.24, 2.45) is 7.05 Å². The van der Waals surface area contributed by atoms with Crippen molar-refractivity contribution in [2.45, 2.75) is 26.4 Å². The SMILES string of the molecule is Cn1nc(C(=O)O)cc1-c1cccc(O)c1NC(=O)OC(C)(C)C. The van der Waals surface area contributed by atoms with Crippen molar-refractivity contribution >= 4 is 17.7 Å². The van der Waals surface area contributed by atoms with Gasteiger partial charge in [0.1, 0.15) is 11.4 Å². The lowest BCUT2D eigenvalue weighted by atomic mass is 10.1. The first kappa shape index (κ1) is 17.3. The molecule has 0 aliphatic heterocycles. The van der Waals surface area contributed by atoms with E-state index in [2.05, 4.69) is 10.4 Å². The Morgan fingerprint density at radius 2 is 1.96 bits per heavy atom. The zero-order chi connectivity index (χ0) is 18.1. The Bertz CT molecular complexity index is 789. The van der Waals surface area contributed by atoms with Gasteiger partial charge in [0, 0.05) is 12.6 Å². The molecule has 128 valence electrons. The number of aromatic hydroxyl groups is 1. The minimum atomic E-state index is -1.17. The number of phenolic OH excluding ortho intramolecular Hbond substituents is 1. The summed E-state index contributed by atoms with van der Waals surface area (Å²) in [5.41, 5.74) is 0.126. The number of amides is 1. The van der Waals surface area contributed by atoms with Crippen molar-refractivity contribution in [3.8, 4) is 17.0 Å². The normalized spacial score (nSPS) is 11.2. The summed E-state index contributed by atoms with van der Waals surface area (Å²) in [6.07, 6.45) is -0.731. The molecule has 0 aliphatic rings. The molecule has 1 aromatic heterocycles. The molecular formula is C16H19N3O5. The minimum Gasteiger partial charge on any atom is -0.506 e. The Balaban J connectivity index is 2.44. The van der Waals surface area contributed by atoms with Crippen LogP contribution in [-0.2, 0) is 11.8 Å². The maximum absolute atomic E-state index is 12.0. The summed E-state index contributed by atoms with van der Waals surface area (Å²) in [7, 11) is 1.57. The average molecular weight is 333 g/mol. The summed E-state index contributed by atoms with van der Waals surface area (Å²) in [5, 5.41) is 25.5. The van der Waals surface area contributed by atoms with Gasteiger partial charge in [-0.15, -0.1) is 0 Å². The number of nitrogens with zero attached hydrogens (tertiary/aromatic N) is 2. The Kier molecular flexibility index (Phi) is 4.50. The van der Waals surface area contributed by atoms with E-state index in [4.69, 9.17) is 9.84 Å². The highest BCUT2D eigenvalue weighted by molar-refractivity contribution is 5.95. The molecule has 0 bridgehead atoms. The van der Waals surface area contributed by atoms with Crippen molar-refractivity contribution in [3.05, 3.63) is 30.0 Å². The number of anilines is 1. The smallest absolute Gasteiger partial charge is 0.412 e. The molecule has 0 unspecified atom stereocenters. The highest BCUT2D eigenvalue weighted by Crippen LogP contribution is 2.35. The molecular weight excluding hydrogens is 314 g/mol. The lowest BCUT2D eigenvalue weighted by Crippen LogP contribution is -2.27. The first-order valence-corrected chi connectivity index (χ1v) is 7.18. The predicted octanol–water partition coefficient (Wildman–Crippen LogP) is 2.84. The van der Waals surface area contributed by atoms with Gasteiger partial charge in [-0.2, -0.15) is 5.10 Å². The van der Waals surface area contributed by atoms with Crippen LogP contribution in [0.5, 0.6) is 5.75 Å². The summed E-state index contributed by atoms with van der Waals surface area (Å²) < 4.78 is 6.54. The third kappa shape index (κ3) is 3.83. The summed E-state index contributed by atoms with van der Waals surface area (Å²) in [6.45, 7) is 5.16. The molecule has 0 saturated heterocycles. The average Bonchev–Trinajstić information content (AvgIpc) is 2.81. The Hall–Kier alpha value is -3.03. The second-order valence-corrected chi connectivity index (χ2v) is 6.17. The van der Waals surface area contributed by atoms with Crippen LogP contribution in [0, 0.1) is 0 Å². The second-order valence-electron chi connectivity index (χ2n) is 6.17. The van der Waals surface area contributed by atoms with Crippen LogP contribution >= 0.6 is 0 Å². The van der Waals surface area contributed by atoms with Crippen LogP contribution in [0.1, 0.15) is 31.3 Å². The summed E-state index contributed by atoms with van der Waals surface area (Å²) in [6, 6.07) is 5.98. The number of hydrogen-bond donors (Lipinski definition) is 3. The number of hydrogen-bond acceptors (Lipinski definition) is 5. The van der Waals surface area contributed by atoms with Crippen LogP contribution in [0.15, 0.2) is 24.3 Å². The van der Waals surface area contributed by atoms with Crippen molar-refractivity contribution < 1.29 is 24.5 Å². The number of carbonyl (C=O) groups is 2. The monoisotopic (exact) mass is 333 g/mol. The van der Waals surface area contributed by atoms with Crippen molar-refractivity contribution in [3.63, 3.8) is 0 Å². The van der Waals surface area contributed by atoms with Crippen LogP contribution in [0.3, 0.4) is 0 Å². The molecule has 0 saturated carbocycles. The number of aromatic carboxylic acids is 1. The largest absolute Gasteiger partial charge is 0.506 e. The van der Waals surface area contributed by atoms with Gasteiger partial charge in [-0.3, -0.25) is 10.00 Å². The number of aryl methyl sites for hydroxylation is 1.